The minimum atomic E-state index is -0.462. The Bertz CT molecular complexity index is 327. The summed E-state index contributed by atoms with van der Waals surface area (Å²) in [7, 11) is 0. The Hall–Kier alpha value is -0.211. The predicted octanol–water partition coefficient (Wildman–Crippen LogP) is 2.19. The third-order valence-corrected chi connectivity index (χ3v) is 1.86. The van der Waals surface area contributed by atoms with E-state index in [4.69, 9.17) is 4.74 Å². The van der Waals surface area contributed by atoms with E-state index < -0.39 is 5.97 Å². The molecule has 0 unspecified atom stereocenters. The molecule has 1 aromatic carbocycles. The maximum atomic E-state index is 11.4. The number of unbranched alkanes of at least 4 members (excludes halogenated alkanes) is 1. The molecule has 0 saturated carbocycles. The summed E-state index contributed by atoms with van der Waals surface area (Å²) in [6.07, 6.45) is 1.83. The van der Waals surface area contributed by atoms with Crippen molar-refractivity contribution in [3.63, 3.8) is 0 Å². The van der Waals surface area contributed by atoms with Gasteiger partial charge in [0, 0.05) is 17.4 Å². The molecule has 0 fully saturated rings. The van der Waals surface area contributed by atoms with Gasteiger partial charge in [-0.3, -0.25) is 0 Å². The minimum absolute atomic E-state index is 0. The van der Waals surface area contributed by atoms with Crippen LogP contribution >= 0.6 is 0 Å². The van der Waals surface area contributed by atoms with Crippen LogP contribution in [0, 0.1) is 0 Å². The zero-order valence-electron chi connectivity index (χ0n) is 11.3. The first-order chi connectivity index (χ1) is 6.75. The fourth-order valence-corrected chi connectivity index (χ4v) is 1.03. The Morgan fingerprint density at radius 2 is 2.06 bits per heavy atom. The number of esters is 1. The number of ether oxygens (including phenoxy) is 1. The molecule has 3 nitrogen and oxygen atoms in total. The topological polar surface area (TPSA) is 46.5 Å². The monoisotopic (exact) mass is 272 g/mol. The van der Waals surface area contributed by atoms with E-state index in [0.717, 1.165) is 12.8 Å². The standard InChI is InChI=1S/C11H14O3.Cr.Mg.2H/c1-2-3-8-14-11(13)9-6-4-5-7-10(9)12;;;;/h4-7,12H,2-3,8H2,1H3;;;;/q;;+2;2*-1. The number of rotatable bonds is 4. The van der Waals surface area contributed by atoms with Crippen molar-refractivity contribution in [2.75, 3.05) is 6.61 Å². The molecule has 0 aromatic heterocycles. The Morgan fingerprint density at radius 3 is 2.62 bits per heavy atom. The number of phenols is 1. The zero-order valence-corrected chi connectivity index (χ0v) is 12.0. The molecule has 1 N–H and O–H groups in total. The molecule has 5 heteroatoms. The number of aromatic hydroxyl groups is 1. The smallest absolute Gasteiger partial charge is 1.00 e. The Kier molecular flexibility index (Phi) is 11.3. The van der Waals surface area contributed by atoms with Gasteiger partial charge in [0.05, 0.1) is 6.61 Å². The Morgan fingerprint density at radius 1 is 1.44 bits per heavy atom. The van der Waals surface area contributed by atoms with Crippen LogP contribution in [0.25, 0.3) is 0 Å². The van der Waals surface area contributed by atoms with E-state index in [1.165, 1.54) is 6.07 Å². The van der Waals surface area contributed by atoms with Crippen LogP contribution in [-0.4, -0.2) is 40.7 Å². The van der Waals surface area contributed by atoms with Gasteiger partial charge in [-0.15, -0.1) is 0 Å². The summed E-state index contributed by atoms with van der Waals surface area (Å²) in [6, 6.07) is 6.37. The third kappa shape index (κ3) is 5.76. The Balaban J connectivity index is -0.000000245. The molecule has 0 aliphatic rings. The molecule has 0 amide bonds. The molecule has 1 rings (SSSR count). The quantitative estimate of drug-likeness (QED) is 0.519. The molecule has 0 bridgehead atoms. The molecular weight excluding hydrogens is 256 g/mol. The van der Waals surface area contributed by atoms with Crippen molar-refractivity contribution in [1.29, 1.82) is 0 Å². The normalized spacial score (nSPS) is 8.56. The van der Waals surface area contributed by atoms with Gasteiger partial charge < -0.3 is 12.7 Å². The number of carbonyl (C=O) groups excluding carboxylic acids is 1. The van der Waals surface area contributed by atoms with Crippen molar-refractivity contribution in [3.8, 4) is 5.75 Å². The van der Waals surface area contributed by atoms with Crippen LogP contribution in [0.2, 0.25) is 0 Å². The molecule has 0 radical (unpaired) electrons. The first-order valence-corrected chi connectivity index (χ1v) is 4.70. The van der Waals surface area contributed by atoms with Gasteiger partial charge in [0.2, 0.25) is 0 Å². The maximum Gasteiger partial charge on any atom is 2.00 e. The van der Waals surface area contributed by atoms with Gasteiger partial charge in [0.1, 0.15) is 11.3 Å². The van der Waals surface area contributed by atoms with Crippen LogP contribution in [-0.2, 0) is 22.1 Å². The summed E-state index contributed by atoms with van der Waals surface area (Å²) in [5, 5.41) is 9.34. The summed E-state index contributed by atoms with van der Waals surface area (Å²) in [5.41, 5.74) is 0.226. The van der Waals surface area contributed by atoms with Crippen molar-refractivity contribution in [2.45, 2.75) is 19.8 Å². The van der Waals surface area contributed by atoms with E-state index in [-0.39, 0.29) is 54.6 Å². The molecule has 0 aliphatic heterocycles. The second kappa shape index (κ2) is 9.98. The van der Waals surface area contributed by atoms with Crippen LogP contribution in [0.15, 0.2) is 24.3 Å². The zero-order chi connectivity index (χ0) is 10.4. The van der Waals surface area contributed by atoms with Crippen molar-refractivity contribution < 1.29 is 34.9 Å². The second-order valence-electron chi connectivity index (χ2n) is 3.01. The summed E-state index contributed by atoms with van der Waals surface area (Å²) in [6.45, 7) is 2.43. The molecular formula is C11H16CrMgO3. The first kappa shape index (κ1) is 18.2. The number of hydrogen-bond acceptors (Lipinski definition) is 3. The largest absolute Gasteiger partial charge is 2.00 e. The van der Waals surface area contributed by atoms with E-state index in [2.05, 4.69) is 0 Å². The number of benzene rings is 1. The van der Waals surface area contributed by atoms with Crippen LogP contribution in [0.1, 0.15) is 33.0 Å². The average molecular weight is 273 g/mol. The van der Waals surface area contributed by atoms with Crippen molar-refractivity contribution in [1.82, 2.24) is 0 Å². The van der Waals surface area contributed by atoms with Crippen LogP contribution in [0.5, 0.6) is 5.75 Å². The molecule has 0 heterocycles. The number of phenolic OH excluding ortho intramolecular Hbond substituents is 1. The Labute approximate surface area is 125 Å². The van der Waals surface area contributed by atoms with Crippen molar-refractivity contribution >= 4 is 29.0 Å². The van der Waals surface area contributed by atoms with E-state index in [1.54, 1.807) is 18.2 Å². The summed E-state index contributed by atoms with van der Waals surface area (Å²) in [5.74, 6) is -0.495. The summed E-state index contributed by atoms with van der Waals surface area (Å²) < 4.78 is 4.95. The van der Waals surface area contributed by atoms with Gasteiger partial charge in [0.15, 0.2) is 0 Å². The van der Waals surface area contributed by atoms with Gasteiger partial charge in [-0.2, -0.15) is 0 Å². The molecule has 0 saturated heterocycles. The minimum Gasteiger partial charge on any atom is -1.00 e. The fraction of sp³-hybridized carbons (Fsp3) is 0.364. The second-order valence-corrected chi connectivity index (χ2v) is 3.01. The summed E-state index contributed by atoms with van der Waals surface area (Å²) >= 11 is 0. The molecule has 16 heavy (non-hydrogen) atoms. The molecule has 0 atom stereocenters. The van der Waals surface area contributed by atoms with E-state index in [1.807, 2.05) is 6.92 Å². The summed E-state index contributed by atoms with van der Waals surface area (Å²) in [4.78, 5) is 11.4. The fourth-order valence-electron chi connectivity index (χ4n) is 1.03. The molecule has 0 spiro atoms. The predicted molar refractivity (Wildman–Crippen MR) is 61.3 cm³/mol. The molecule has 1 aromatic rings. The van der Waals surface area contributed by atoms with Gasteiger partial charge in [0.25, 0.3) is 0 Å². The first-order valence-electron chi connectivity index (χ1n) is 4.70. The van der Waals surface area contributed by atoms with Crippen molar-refractivity contribution in [3.05, 3.63) is 29.8 Å². The average Bonchev–Trinajstić information content (AvgIpc) is 2.18. The van der Waals surface area contributed by atoms with E-state index in [9.17, 15) is 9.90 Å². The van der Waals surface area contributed by atoms with Crippen molar-refractivity contribution in [2.24, 2.45) is 0 Å². The third-order valence-electron chi connectivity index (χ3n) is 1.86. The molecule has 86 valence electrons. The van der Waals surface area contributed by atoms with Crippen LogP contribution in [0.4, 0.5) is 0 Å². The number of para-hydroxylation sites is 1. The van der Waals surface area contributed by atoms with Gasteiger partial charge in [-0.05, 0) is 18.6 Å². The van der Waals surface area contributed by atoms with E-state index >= 15 is 0 Å². The van der Waals surface area contributed by atoms with Gasteiger partial charge >= 0.3 is 29.0 Å². The van der Waals surface area contributed by atoms with Gasteiger partial charge in [-0.1, -0.05) is 25.5 Å². The molecule has 0 aliphatic carbocycles. The van der Waals surface area contributed by atoms with Crippen LogP contribution in [0.3, 0.4) is 0 Å². The maximum absolute atomic E-state index is 11.4. The van der Waals surface area contributed by atoms with E-state index in [0.29, 0.717) is 6.61 Å². The van der Waals surface area contributed by atoms with Crippen LogP contribution < -0.4 is 0 Å². The number of carbonyl (C=O) groups is 1. The SMILES string of the molecule is CCCCOC(=O)c1ccccc1O.[Cr].[H-].[H-].[Mg+2]. The van der Waals surface area contributed by atoms with Gasteiger partial charge in [-0.25, -0.2) is 4.79 Å². The number of hydrogen-bond donors (Lipinski definition) is 1.